The van der Waals surface area contributed by atoms with E-state index in [1.165, 1.54) is 4.90 Å². The fourth-order valence-electron chi connectivity index (χ4n) is 2.70. The maximum Gasteiger partial charge on any atom is 0.281 e. The van der Waals surface area contributed by atoms with Crippen LogP contribution in [0.5, 0.6) is 11.5 Å². The summed E-state index contributed by atoms with van der Waals surface area (Å²) in [5.41, 5.74) is 2.14. The standard InChI is InChI=1S/C20H20N2O3S/c1-4-25-17-11-7-15(8-12-17)22-19(23)18(21(2)20(22)26)13-14-5-9-16(24-3)10-6-14/h5-13H,4H2,1-3H3. The predicted molar refractivity (Wildman–Crippen MR) is 106 cm³/mol. The molecule has 2 aromatic rings. The highest BCUT2D eigenvalue weighted by molar-refractivity contribution is 7.80. The molecule has 0 aromatic heterocycles. The minimum absolute atomic E-state index is 0.155. The number of amides is 1. The lowest BCUT2D eigenvalue weighted by atomic mass is 10.1. The number of anilines is 1. The van der Waals surface area contributed by atoms with Crippen molar-refractivity contribution in [1.29, 1.82) is 0 Å². The normalized spacial score (nSPS) is 15.7. The first-order chi connectivity index (χ1) is 12.5. The lowest BCUT2D eigenvalue weighted by Crippen LogP contribution is -2.31. The summed E-state index contributed by atoms with van der Waals surface area (Å²) in [4.78, 5) is 16.2. The third-order valence-electron chi connectivity index (χ3n) is 4.09. The van der Waals surface area contributed by atoms with Crippen LogP contribution in [0.3, 0.4) is 0 Å². The molecule has 1 aliphatic heterocycles. The van der Waals surface area contributed by atoms with Gasteiger partial charge in [0.25, 0.3) is 5.91 Å². The summed E-state index contributed by atoms with van der Waals surface area (Å²) in [5, 5.41) is 0.443. The molecule has 26 heavy (non-hydrogen) atoms. The van der Waals surface area contributed by atoms with Crippen LogP contribution in [0.25, 0.3) is 6.08 Å². The maximum absolute atomic E-state index is 12.9. The van der Waals surface area contributed by atoms with Gasteiger partial charge in [0.05, 0.1) is 19.4 Å². The van der Waals surface area contributed by atoms with Gasteiger partial charge in [-0.15, -0.1) is 0 Å². The van der Waals surface area contributed by atoms with E-state index in [1.807, 2.05) is 61.5 Å². The van der Waals surface area contributed by atoms with Gasteiger partial charge in [-0.05, 0) is 67.2 Å². The summed E-state index contributed by atoms with van der Waals surface area (Å²) in [6, 6.07) is 14.8. The number of carbonyl (C=O) groups is 1. The van der Waals surface area contributed by atoms with Gasteiger partial charge in [-0.2, -0.15) is 0 Å². The second-order valence-corrected chi connectivity index (χ2v) is 6.08. The van der Waals surface area contributed by atoms with Gasteiger partial charge in [0, 0.05) is 7.05 Å². The highest BCUT2D eigenvalue weighted by Gasteiger charge is 2.36. The highest BCUT2D eigenvalue weighted by Crippen LogP contribution is 2.29. The number of benzene rings is 2. The molecule has 3 rings (SSSR count). The van der Waals surface area contributed by atoms with Gasteiger partial charge in [0.2, 0.25) is 0 Å². The average Bonchev–Trinajstić information content (AvgIpc) is 2.87. The van der Waals surface area contributed by atoms with Crippen molar-refractivity contribution in [2.24, 2.45) is 0 Å². The number of hydrogen-bond acceptors (Lipinski definition) is 4. The van der Waals surface area contributed by atoms with Gasteiger partial charge in [0.15, 0.2) is 5.11 Å². The zero-order chi connectivity index (χ0) is 18.7. The second kappa shape index (κ2) is 7.58. The fourth-order valence-corrected chi connectivity index (χ4v) is 2.99. The monoisotopic (exact) mass is 368 g/mol. The number of likely N-dealkylation sites (N-methyl/N-ethyl adjacent to an activating group) is 1. The topological polar surface area (TPSA) is 42.0 Å². The van der Waals surface area contributed by atoms with E-state index in [0.29, 0.717) is 23.1 Å². The van der Waals surface area contributed by atoms with Crippen molar-refractivity contribution >= 4 is 35.0 Å². The average molecular weight is 368 g/mol. The summed E-state index contributed by atoms with van der Waals surface area (Å²) >= 11 is 5.48. The van der Waals surface area contributed by atoms with Crippen LogP contribution >= 0.6 is 12.2 Å². The summed E-state index contributed by atoms with van der Waals surface area (Å²) < 4.78 is 10.6. The van der Waals surface area contributed by atoms with Gasteiger partial charge in [0.1, 0.15) is 17.2 Å². The predicted octanol–water partition coefficient (Wildman–Crippen LogP) is 3.70. The molecule has 1 aliphatic rings. The summed E-state index contributed by atoms with van der Waals surface area (Å²) in [6.07, 6.45) is 1.82. The quantitative estimate of drug-likeness (QED) is 0.595. The molecule has 134 valence electrons. The van der Waals surface area contributed by atoms with E-state index in [2.05, 4.69) is 0 Å². The van der Waals surface area contributed by atoms with Gasteiger partial charge in [-0.3, -0.25) is 9.69 Å². The number of nitrogens with zero attached hydrogens (tertiary/aromatic N) is 2. The molecule has 1 amide bonds. The van der Waals surface area contributed by atoms with Crippen molar-refractivity contribution in [1.82, 2.24) is 4.90 Å². The largest absolute Gasteiger partial charge is 0.497 e. The number of methoxy groups -OCH3 is 1. The molecule has 1 fully saturated rings. The molecule has 1 saturated heterocycles. The van der Waals surface area contributed by atoms with Gasteiger partial charge < -0.3 is 14.4 Å². The lowest BCUT2D eigenvalue weighted by molar-refractivity contribution is -0.114. The first-order valence-electron chi connectivity index (χ1n) is 8.26. The van der Waals surface area contributed by atoms with E-state index in [9.17, 15) is 4.79 Å². The van der Waals surface area contributed by atoms with Crippen LogP contribution in [0.4, 0.5) is 5.69 Å². The Morgan fingerprint density at radius 2 is 1.65 bits per heavy atom. The zero-order valence-corrected chi connectivity index (χ0v) is 15.7. The van der Waals surface area contributed by atoms with Crippen LogP contribution in [0, 0.1) is 0 Å². The Morgan fingerprint density at radius 3 is 2.23 bits per heavy atom. The van der Waals surface area contributed by atoms with Crippen LogP contribution in [-0.2, 0) is 4.79 Å². The molecule has 0 bridgehead atoms. The van der Waals surface area contributed by atoms with Crippen LogP contribution in [0.2, 0.25) is 0 Å². The van der Waals surface area contributed by atoms with Crippen LogP contribution in [-0.4, -0.2) is 36.7 Å². The van der Waals surface area contributed by atoms with E-state index in [-0.39, 0.29) is 5.91 Å². The Bertz CT molecular complexity index is 844. The SMILES string of the molecule is CCOc1ccc(N2C(=O)C(=Cc3ccc(OC)cc3)N(C)C2=S)cc1. The highest BCUT2D eigenvalue weighted by atomic mass is 32.1. The summed E-state index contributed by atoms with van der Waals surface area (Å²) in [7, 11) is 3.42. The molecular weight excluding hydrogens is 348 g/mol. The van der Waals surface area contributed by atoms with Crippen LogP contribution in [0.1, 0.15) is 12.5 Å². The first kappa shape index (κ1) is 17.9. The molecule has 1 heterocycles. The van der Waals surface area contributed by atoms with Gasteiger partial charge in [-0.25, -0.2) is 0 Å². The minimum atomic E-state index is -0.155. The van der Waals surface area contributed by atoms with E-state index in [0.717, 1.165) is 17.1 Å². The number of rotatable bonds is 5. The molecule has 0 aliphatic carbocycles. The van der Waals surface area contributed by atoms with Crippen molar-refractivity contribution in [3.05, 3.63) is 59.8 Å². The van der Waals surface area contributed by atoms with Crippen molar-refractivity contribution < 1.29 is 14.3 Å². The van der Waals surface area contributed by atoms with Crippen molar-refractivity contribution in [2.45, 2.75) is 6.92 Å². The van der Waals surface area contributed by atoms with Crippen molar-refractivity contribution in [3.63, 3.8) is 0 Å². The number of carbonyl (C=O) groups excluding carboxylic acids is 1. The van der Waals surface area contributed by atoms with E-state index < -0.39 is 0 Å². The molecule has 0 saturated carbocycles. The molecule has 5 nitrogen and oxygen atoms in total. The van der Waals surface area contributed by atoms with Crippen molar-refractivity contribution in [3.8, 4) is 11.5 Å². The number of thiocarbonyl (C=S) groups is 1. The Labute approximate surface area is 158 Å². The Balaban J connectivity index is 1.89. The Hall–Kier alpha value is -2.86. The van der Waals surface area contributed by atoms with E-state index in [1.54, 1.807) is 19.1 Å². The first-order valence-corrected chi connectivity index (χ1v) is 8.66. The lowest BCUT2D eigenvalue weighted by Gasteiger charge is -2.16. The molecule has 2 aromatic carbocycles. The van der Waals surface area contributed by atoms with Gasteiger partial charge in [-0.1, -0.05) is 12.1 Å². The molecule has 0 unspecified atom stereocenters. The summed E-state index contributed by atoms with van der Waals surface area (Å²) in [6.45, 7) is 2.52. The number of ether oxygens (including phenoxy) is 2. The van der Waals surface area contributed by atoms with Gasteiger partial charge >= 0.3 is 0 Å². The maximum atomic E-state index is 12.9. The molecule has 0 N–H and O–H groups in total. The fraction of sp³-hybridized carbons (Fsp3) is 0.200. The third-order valence-corrected chi connectivity index (χ3v) is 4.54. The van der Waals surface area contributed by atoms with Crippen LogP contribution < -0.4 is 14.4 Å². The molecular formula is C20H20N2O3S. The smallest absolute Gasteiger partial charge is 0.281 e. The zero-order valence-electron chi connectivity index (χ0n) is 14.9. The second-order valence-electron chi connectivity index (χ2n) is 5.71. The molecule has 0 radical (unpaired) electrons. The van der Waals surface area contributed by atoms with Crippen LogP contribution in [0.15, 0.2) is 54.2 Å². The molecule has 0 spiro atoms. The summed E-state index contributed by atoms with van der Waals surface area (Å²) in [5.74, 6) is 1.37. The minimum Gasteiger partial charge on any atom is -0.497 e. The Kier molecular flexibility index (Phi) is 5.23. The Morgan fingerprint density at radius 1 is 1.04 bits per heavy atom. The third kappa shape index (κ3) is 3.41. The molecule has 6 heteroatoms. The van der Waals surface area contributed by atoms with E-state index in [4.69, 9.17) is 21.7 Å². The molecule has 0 atom stereocenters. The van der Waals surface area contributed by atoms with Crippen molar-refractivity contribution in [2.75, 3.05) is 25.7 Å². The van der Waals surface area contributed by atoms with E-state index >= 15 is 0 Å². The number of hydrogen-bond donors (Lipinski definition) is 0.